The van der Waals surface area contributed by atoms with E-state index in [0.29, 0.717) is 26.9 Å². The number of amidine groups is 1. The van der Waals surface area contributed by atoms with Gasteiger partial charge in [-0.25, -0.2) is 9.79 Å². The van der Waals surface area contributed by atoms with E-state index in [4.69, 9.17) is 4.74 Å². The van der Waals surface area contributed by atoms with Gasteiger partial charge in [0.2, 0.25) is 0 Å². The van der Waals surface area contributed by atoms with Crippen molar-refractivity contribution in [3.8, 4) is 5.75 Å². The molecule has 1 aliphatic heterocycles. The van der Waals surface area contributed by atoms with Crippen LogP contribution in [0.25, 0.3) is 6.08 Å². The molecule has 3 rings (SSSR count). The predicted molar refractivity (Wildman–Crippen MR) is 113 cm³/mol. The van der Waals surface area contributed by atoms with Crippen LogP contribution in [-0.2, 0) is 9.53 Å². The van der Waals surface area contributed by atoms with Gasteiger partial charge in [0.15, 0.2) is 10.9 Å². The van der Waals surface area contributed by atoms with Crippen molar-refractivity contribution in [2.45, 2.75) is 0 Å². The summed E-state index contributed by atoms with van der Waals surface area (Å²) in [5, 5.41) is 11.6. The lowest BCUT2D eigenvalue weighted by atomic mass is 10.1. The number of hydrogen-bond donors (Lipinski definition) is 0. The van der Waals surface area contributed by atoms with Crippen molar-refractivity contribution in [1.29, 1.82) is 0 Å². The lowest BCUT2D eigenvalue weighted by Crippen LogP contribution is -2.23. The minimum Gasteiger partial charge on any atom is -0.490 e. The number of nitrogens with zero attached hydrogens (tertiary/aromatic N) is 3. The largest absolute Gasteiger partial charge is 0.490 e. The molecule has 2 aromatic rings. The average molecular weight is 427 g/mol. The molecule has 0 saturated carbocycles. The first-order valence-corrected chi connectivity index (χ1v) is 9.42. The standard InChI is InChI=1S/C20H17N3O6S/c1-22-18(24)17(11-12-4-9-16(28-2)15(10-12)23(26)27)30-20(22)21-14-7-5-13(6-8-14)19(25)29-3/h4-11H,1-3H3. The van der Waals surface area contributed by atoms with E-state index in [-0.39, 0.29) is 17.3 Å². The lowest BCUT2D eigenvalue weighted by molar-refractivity contribution is -0.385. The van der Waals surface area contributed by atoms with Gasteiger partial charge in [-0.1, -0.05) is 6.07 Å². The van der Waals surface area contributed by atoms with E-state index >= 15 is 0 Å². The summed E-state index contributed by atoms with van der Waals surface area (Å²) in [5.74, 6) is -0.582. The zero-order valence-electron chi connectivity index (χ0n) is 16.3. The highest BCUT2D eigenvalue weighted by Gasteiger charge is 2.30. The second kappa shape index (κ2) is 8.78. The number of ether oxygens (including phenoxy) is 2. The van der Waals surface area contributed by atoms with Gasteiger partial charge in [0.05, 0.1) is 35.3 Å². The summed E-state index contributed by atoms with van der Waals surface area (Å²) in [5.41, 5.74) is 1.27. The van der Waals surface area contributed by atoms with Crippen LogP contribution in [-0.4, -0.2) is 48.1 Å². The Bertz CT molecular complexity index is 1080. The highest BCUT2D eigenvalue weighted by atomic mass is 32.2. The fourth-order valence-corrected chi connectivity index (χ4v) is 3.63. The molecule has 154 valence electrons. The van der Waals surface area contributed by atoms with E-state index in [0.717, 1.165) is 11.8 Å². The van der Waals surface area contributed by atoms with Gasteiger partial charge in [0, 0.05) is 13.1 Å². The van der Waals surface area contributed by atoms with E-state index in [1.165, 1.54) is 31.3 Å². The molecule has 1 heterocycles. The van der Waals surface area contributed by atoms with Crippen LogP contribution in [0.3, 0.4) is 0 Å². The summed E-state index contributed by atoms with van der Waals surface area (Å²) in [6.45, 7) is 0. The van der Waals surface area contributed by atoms with Gasteiger partial charge in [0.1, 0.15) is 0 Å². The van der Waals surface area contributed by atoms with Crippen molar-refractivity contribution in [1.82, 2.24) is 4.90 Å². The Hall–Kier alpha value is -3.66. The molecule has 1 aliphatic rings. The number of hydrogen-bond acceptors (Lipinski definition) is 8. The van der Waals surface area contributed by atoms with Crippen LogP contribution in [0.4, 0.5) is 11.4 Å². The molecule has 10 heteroatoms. The third-order valence-electron chi connectivity index (χ3n) is 4.21. The van der Waals surface area contributed by atoms with Crippen molar-refractivity contribution in [3.05, 3.63) is 68.6 Å². The van der Waals surface area contributed by atoms with Crippen LogP contribution >= 0.6 is 11.8 Å². The molecular weight excluding hydrogens is 410 g/mol. The van der Waals surface area contributed by atoms with Gasteiger partial charge in [0.25, 0.3) is 5.91 Å². The summed E-state index contributed by atoms with van der Waals surface area (Å²) >= 11 is 1.15. The molecule has 1 fully saturated rings. The fourth-order valence-electron chi connectivity index (χ4n) is 2.64. The fraction of sp³-hybridized carbons (Fsp3) is 0.150. The molecule has 0 bridgehead atoms. The first-order chi connectivity index (χ1) is 14.3. The zero-order valence-corrected chi connectivity index (χ0v) is 17.1. The number of amides is 1. The van der Waals surface area contributed by atoms with Crippen LogP contribution in [0.2, 0.25) is 0 Å². The maximum Gasteiger partial charge on any atom is 0.337 e. The molecular formula is C20H17N3O6S. The summed E-state index contributed by atoms with van der Waals surface area (Å²) in [4.78, 5) is 41.0. The molecule has 0 spiro atoms. The summed E-state index contributed by atoms with van der Waals surface area (Å²) < 4.78 is 9.65. The zero-order chi connectivity index (χ0) is 21.8. The minimum atomic E-state index is -0.540. The average Bonchev–Trinajstić information content (AvgIpc) is 3.01. The minimum absolute atomic E-state index is 0.141. The van der Waals surface area contributed by atoms with Crippen LogP contribution in [0.15, 0.2) is 52.4 Å². The van der Waals surface area contributed by atoms with E-state index in [2.05, 4.69) is 9.73 Å². The quantitative estimate of drug-likeness (QED) is 0.310. The molecule has 1 saturated heterocycles. The second-order valence-corrected chi connectivity index (χ2v) is 7.11. The van der Waals surface area contributed by atoms with E-state index in [1.54, 1.807) is 43.5 Å². The molecule has 0 atom stereocenters. The summed E-state index contributed by atoms with van der Waals surface area (Å²) in [6.07, 6.45) is 1.57. The van der Waals surface area contributed by atoms with Crippen molar-refractivity contribution >= 4 is 46.3 Å². The first-order valence-electron chi connectivity index (χ1n) is 8.61. The molecule has 0 unspecified atom stereocenters. The maximum atomic E-state index is 12.6. The molecule has 1 amide bonds. The molecule has 30 heavy (non-hydrogen) atoms. The lowest BCUT2D eigenvalue weighted by Gasteiger charge is -2.07. The summed E-state index contributed by atoms with van der Waals surface area (Å²) in [6, 6.07) is 10.9. The topological polar surface area (TPSA) is 111 Å². The van der Waals surface area contributed by atoms with Gasteiger partial charge in [-0.15, -0.1) is 0 Å². The number of carbonyl (C=O) groups is 2. The van der Waals surface area contributed by atoms with Crippen LogP contribution in [0.5, 0.6) is 5.75 Å². The molecule has 0 aliphatic carbocycles. The van der Waals surface area contributed by atoms with Gasteiger partial charge in [-0.2, -0.15) is 0 Å². The SMILES string of the molecule is COC(=O)c1ccc(N=C2SC(=Cc3ccc(OC)c([N+](=O)[O-])c3)C(=O)N2C)cc1. The Balaban J connectivity index is 1.87. The van der Waals surface area contributed by atoms with Crippen LogP contribution in [0.1, 0.15) is 15.9 Å². The van der Waals surface area contributed by atoms with Crippen molar-refractivity contribution in [2.75, 3.05) is 21.3 Å². The van der Waals surface area contributed by atoms with Crippen molar-refractivity contribution in [3.63, 3.8) is 0 Å². The first kappa shape index (κ1) is 21.1. The van der Waals surface area contributed by atoms with Crippen LogP contribution < -0.4 is 4.74 Å². The smallest absolute Gasteiger partial charge is 0.337 e. The number of thioether (sulfide) groups is 1. The van der Waals surface area contributed by atoms with Gasteiger partial charge < -0.3 is 9.47 Å². The Labute approximate surface area is 176 Å². The normalized spacial score (nSPS) is 16.2. The number of esters is 1. The van der Waals surface area contributed by atoms with Gasteiger partial charge in [-0.05, 0) is 53.7 Å². The highest BCUT2D eigenvalue weighted by molar-refractivity contribution is 8.18. The number of nitro groups is 1. The Morgan fingerprint density at radius 3 is 2.50 bits per heavy atom. The highest BCUT2D eigenvalue weighted by Crippen LogP contribution is 2.35. The number of rotatable bonds is 5. The van der Waals surface area contributed by atoms with Crippen molar-refractivity contribution in [2.24, 2.45) is 4.99 Å². The van der Waals surface area contributed by atoms with Gasteiger partial charge in [-0.3, -0.25) is 19.8 Å². The second-order valence-electron chi connectivity index (χ2n) is 6.10. The molecule has 0 N–H and O–H groups in total. The third kappa shape index (κ3) is 4.33. The summed E-state index contributed by atoms with van der Waals surface area (Å²) in [7, 11) is 4.25. The monoisotopic (exact) mass is 427 g/mol. The van der Waals surface area contributed by atoms with E-state index in [1.807, 2.05) is 0 Å². The third-order valence-corrected chi connectivity index (χ3v) is 5.27. The number of nitro benzene ring substituents is 1. The van der Waals surface area contributed by atoms with Crippen LogP contribution in [0, 0.1) is 10.1 Å². The Kier molecular flexibility index (Phi) is 6.17. The van der Waals surface area contributed by atoms with Gasteiger partial charge >= 0.3 is 11.7 Å². The maximum absolute atomic E-state index is 12.6. The number of methoxy groups -OCH3 is 2. The van der Waals surface area contributed by atoms with E-state index < -0.39 is 10.9 Å². The number of carbonyl (C=O) groups excluding carboxylic acids is 2. The number of aliphatic imine (C=N–C) groups is 1. The number of likely N-dealkylation sites (N-methyl/N-ethyl adjacent to an activating group) is 1. The Morgan fingerprint density at radius 1 is 1.20 bits per heavy atom. The van der Waals surface area contributed by atoms with Crippen molar-refractivity contribution < 1.29 is 24.0 Å². The molecule has 9 nitrogen and oxygen atoms in total. The molecule has 2 aromatic carbocycles. The molecule has 0 aromatic heterocycles. The number of benzene rings is 2. The predicted octanol–water partition coefficient (Wildman–Crippen LogP) is 3.62. The Morgan fingerprint density at radius 2 is 1.90 bits per heavy atom. The van der Waals surface area contributed by atoms with E-state index in [9.17, 15) is 19.7 Å². The molecule has 0 radical (unpaired) electrons.